The molecule has 0 radical (unpaired) electrons. The van der Waals surface area contributed by atoms with Crippen LogP contribution in [0.15, 0.2) is 48.5 Å². The number of hydrogen-bond acceptors (Lipinski definition) is 5. The molecule has 1 aliphatic carbocycles. The first-order valence-electron chi connectivity index (χ1n) is 10.5. The molecular formula is C23H21F3N2O6. The number of nitrogens with zero attached hydrogens (tertiary/aromatic N) is 1. The number of halogens is 3. The Morgan fingerprint density at radius 2 is 1.59 bits per heavy atom. The van der Waals surface area contributed by atoms with Crippen molar-refractivity contribution in [3.8, 4) is 11.1 Å². The van der Waals surface area contributed by atoms with E-state index in [9.17, 15) is 27.6 Å². The lowest BCUT2D eigenvalue weighted by Gasteiger charge is -2.40. The number of benzene rings is 2. The average molecular weight is 478 g/mol. The van der Waals surface area contributed by atoms with Gasteiger partial charge in [0.2, 0.25) is 6.04 Å². The van der Waals surface area contributed by atoms with Gasteiger partial charge in [0.1, 0.15) is 13.2 Å². The van der Waals surface area contributed by atoms with Gasteiger partial charge in [0.15, 0.2) is 0 Å². The number of fused-ring (bicyclic) bond motifs is 3. The summed E-state index contributed by atoms with van der Waals surface area (Å²) in [5, 5.41) is 10.2. The number of carboxylic acid groups (broad SMARTS) is 1. The van der Waals surface area contributed by atoms with Gasteiger partial charge in [0.05, 0.1) is 6.10 Å². The number of nitrogens with one attached hydrogen (secondary N) is 1. The van der Waals surface area contributed by atoms with Crippen LogP contribution >= 0.6 is 0 Å². The minimum Gasteiger partial charge on any atom is -0.480 e. The quantitative estimate of drug-likeness (QED) is 0.634. The van der Waals surface area contributed by atoms with E-state index >= 15 is 0 Å². The number of carbonyl (C=O) groups is 3. The molecule has 4 rings (SSSR count). The maximum absolute atomic E-state index is 13.5. The highest BCUT2D eigenvalue weighted by atomic mass is 19.4. The minimum atomic E-state index is -5.05. The SMILES string of the molecule is O=C(O)COC1CN(C(=O)C(NC(=O)OCC2c3ccccc3-c3ccccc32)C(F)(F)F)C1. The molecule has 2 aromatic carbocycles. The molecule has 1 heterocycles. The molecule has 1 aliphatic heterocycles. The van der Waals surface area contributed by atoms with Gasteiger partial charge < -0.3 is 24.8 Å². The second kappa shape index (κ2) is 9.34. The van der Waals surface area contributed by atoms with Crippen LogP contribution in [-0.2, 0) is 19.1 Å². The van der Waals surface area contributed by atoms with Crippen molar-refractivity contribution in [1.82, 2.24) is 10.2 Å². The molecule has 1 atom stereocenters. The molecule has 1 saturated heterocycles. The zero-order valence-electron chi connectivity index (χ0n) is 17.7. The zero-order chi connectivity index (χ0) is 24.5. The summed E-state index contributed by atoms with van der Waals surface area (Å²) in [6.07, 6.45) is -7.09. The molecule has 2 amide bonds. The van der Waals surface area contributed by atoms with Gasteiger partial charge in [-0.15, -0.1) is 0 Å². The molecule has 1 fully saturated rings. The van der Waals surface area contributed by atoms with E-state index in [0.717, 1.165) is 27.2 Å². The van der Waals surface area contributed by atoms with Crippen molar-refractivity contribution in [2.45, 2.75) is 24.2 Å². The third-order valence-corrected chi connectivity index (χ3v) is 5.78. The average Bonchev–Trinajstić information content (AvgIpc) is 3.07. The summed E-state index contributed by atoms with van der Waals surface area (Å²) in [4.78, 5) is 35.9. The number of carboxylic acids is 1. The molecule has 11 heteroatoms. The largest absolute Gasteiger partial charge is 0.480 e. The smallest absolute Gasteiger partial charge is 0.417 e. The number of rotatable bonds is 7. The van der Waals surface area contributed by atoms with E-state index in [-0.39, 0.29) is 25.6 Å². The van der Waals surface area contributed by atoms with Crippen molar-refractivity contribution >= 4 is 18.0 Å². The molecule has 0 saturated carbocycles. The van der Waals surface area contributed by atoms with Crippen LogP contribution in [-0.4, -0.2) is 72.6 Å². The van der Waals surface area contributed by atoms with Gasteiger partial charge in [-0.05, 0) is 22.3 Å². The van der Waals surface area contributed by atoms with Gasteiger partial charge in [-0.25, -0.2) is 9.59 Å². The second-order valence-electron chi connectivity index (χ2n) is 8.01. The Morgan fingerprint density at radius 1 is 1.03 bits per heavy atom. The van der Waals surface area contributed by atoms with Crippen LogP contribution < -0.4 is 5.32 Å². The highest BCUT2D eigenvalue weighted by Crippen LogP contribution is 2.44. The fourth-order valence-electron chi connectivity index (χ4n) is 4.14. The van der Waals surface area contributed by atoms with Gasteiger partial charge in [-0.3, -0.25) is 4.79 Å². The van der Waals surface area contributed by atoms with Crippen LogP contribution in [0.5, 0.6) is 0 Å². The third kappa shape index (κ3) is 4.84. The van der Waals surface area contributed by atoms with Crippen LogP contribution in [0.4, 0.5) is 18.0 Å². The number of alkyl halides is 3. The van der Waals surface area contributed by atoms with Crippen molar-refractivity contribution < 1.29 is 42.1 Å². The summed E-state index contributed by atoms with van der Waals surface area (Å²) in [5.74, 6) is -2.94. The summed E-state index contributed by atoms with van der Waals surface area (Å²) in [7, 11) is 0. The van der Waals surface area contributed by atoms with Crippen LogP contribution in [0.2, 0.25) is 0 Å². The van der Waals surface area contributed by atoms with Crippen molar-refractivity contribution in [1.29, 1.82) is 0 Å². The molecule has 2 N–H and O–H groups in total. The predicted octanol–water partition coefficient (Wildman–Crippen LogP) is 2.77. The summed E-state index contributed by atoms with van der Waals surface area (Å²) < 4.78 is 50.6. The standard InChI is InChI=1S/C23H21F3N2O6/c24-23(25,26)20(21(31)28-9-13(10-28)33-12-19(29)30)27-22(32)34-11-18-16-7-3-1-5-14(16)15-6-2-4-8-17(15)18/h1-8,13,18,20H,9-12H2,(H,27,32)(H,29,30). The highest BCUT2D eigenvalue weighted by molar-refractivity contribution is 5.87. The number of ether oxygens (including phenoxy) is 2. The molecule has 2 aromatic rings. The number of amides is 2. The van der Waals surface area contributed by atoms with Gasteiger partial charge in [-0.1, -0.05) is 48.5 Å². The van der Waals surface area contributed by atoms with Crippen LogP contribution in [0.1, 0.15) is 17.0 Å². The molecule has 34 heavy (non-hydrogen) atoms. The Morgan fingerprint density at radius 3 is 2.12 bits per heavy atom. The predicted molar refractivity (Wildman–Crippen MR) is 112 cm³/mol. The fraction of sp³-hybridized carbons (Fsp3) is 0.348. The fourth-order valence-corrected chi connectivity index (χ4v) is 4.14. The first-order valence-corrected chi connectivity index (χ1v) is 10.5. The zero-order valence-corrected chi connectivity index (χ0v) is 17.7. The third-order valence-electron chi connectivity index (χ3n) is 5.78. The van der Waals surface area contributed by atoms with E-state index in [0.29, 0.717) is 0 Å². The molecular weight excluding hydrogens is 457 g/mol. The van der Waals surface area contributed by atoms with Gasteiger partial charge in [-0.2, -0.15) is 13.2 Å². The van der Waals surface area contributed by atoms with Crippen molar-refractivity contribution in [3.05, 3.63) is 59.7 Å². The van der Waals surface area contributed by atoms with Crippen molar-refractivity contribution in [2.24, 2.45) is 0 Å². The summed E-state index contributed by atoms with van der Waals surface area (Å²) in [5.41, 5.74) is 3.72. The summed E-state index contributed by atoms with van der Waals surface area (Å²) >= 11 is 0. The maximum Gasteiger partial charge on any atom is 0.417 e. The Labute approximate surface area is 192 Å². The van der Waals surface area contributed by atoms with Crippen LogP contribution in [0, 0.1) is 0 Å². The Hall–Kier alpha value is -3.60. The normalized spacial score (nSPS) is 16.3. The first kappa shape index (κ1) is 23.6. The van der Waals surface area contributed by atoms with E-state index in [1.807, 2.05) is 48.5 Å². The van der Waals surface area contributed by atoms with Crippen molar-refractivity contribution in [2.75, 3.05) is 26.3 Å². The van der Waals surface area contributed by atoms with Crippen molar-refractivity contribution in [3.63, 3.8) is 0 Å². The first-order chi connectivity index (χ1) is 16.1. The van der Waals surface area contributed by atoms with E-state index in [2.05, 4.69) is 0 Å². The van der Waals surface area contributed by atoms with E-state index in [4.69, 9.17) is 14.6 Å². The number of likely N-dealkylation sites (tertiary alicyclic amines) is 1. The second-order valence-corrected chi connectivity index (χ2v) is 8.01. The lowest BCUT2D eigenvalue weighted by molar-refractivity contribution is -0.182. The van der Waals surface area contributed by atoms with Gasteiger partial charge >= 0.3 is 18.2 Å². The summed E-state index contributed by atoms with van der Waals surface area (Å²) in [6, 6.07) is 12.2. The van der Waals surface area contributed by atoms with Crippen LogP contribution in [0.25, 0.3) is 11.1 Å². The maximum atomic E-state index is 13.5. The number of alkyl carbamates (subject to hydrolysis) is 1. The van der Waals surface area contributed by atoms with Gasteiger partial charge in [0, 0.05) is 19.0 Å². The molecule has 180 valence electrons. The topological polar surface area (TPSA) is 105 Å². The monoisotopic (exact) mass is 478 g/mol. The Balaban J connectivity index is 1.37. The van der Waals surface area contributed by atoms with E-state index in [1.165, 1.54) is 0 Å². The minimum absolute atomic E-state index is 0.201. The molecule has 1 unspecified atom stereocenters. The number of carbonyl (C=O) groups excluding carboxylic acids is 2. The lowest BCUT2D eigenvalue weighted by Crippen LogP contribution is -2.63. The van der Waals surface area contributed by atoms with Gasteiger partial charge in [0.25, 0.3) is 5.91 Å². The molecule has 0 bridgehead atoms. The van der Waals surface area contributed by atoms with E-state index < -0.39 is 42.9 Å². The molecule has 0 spiro atoms. The number of hydrogen-bond donors (Lipinski definition) is 2. The Bertz CT molecular complexity index is 1050. The highest BCUT2D eigenvalue weighted by Gasteiger charge is 2.50. The molecule has 8 nitrogen and oxygen atoms in total. The van der Waals surface area contributed by atoms with E-state index in [1.54, 1.807) is 5.32 Å². The summed E-state index contributed by atoms with van der Waals surface area (Å²) in [6.45, 7) is -1.23. The van der Waals surface area contributed by atoms with Crippen LogP contribution in [0.3, 0.4) is 0 Å². The Kier molecular flexibility index (Phi) is 6.47. The molecule has 2 aliphatic rings. The number of aliphatic carboxylic acids is 1. The molecule has 0 aromatic heterocycles. The lowest BCUT2D eigenvalue weighted by atomic mass is 9.98.